The van der Waals surface area contributed by atoms with E-state index in [2.05, 4.69) is 5.32 Å². The molecule has 0 bridgehead atoms. The van der Waals surface area contributed by atoms with Crippen LogP contribution >= 0.6 is 0 Å². The summed E-state index contributed by atoms with van der Waals surface area (Å²) < 4.78 is 5.54. The molecule has 2 N–H and O–H groups in total. The molecule has 0 aromatic heterocycles. The van der Waals surface area contributed by atoms with E-state index in [-0.39, 0.29) is 19.1 Å². The average molecular weight is 263 g/mol. The van der Waals surface area contributed by atoms with Gasteiger partial charge in [-0.15, -0.1) is 0 Å². The number of aliphatic hydroxyl groups is 1. The first-order valence-corrected chi connectivity index (χ1v) is 6.67. The van der Waals surface area contributed by atoms with Crippen molar-refractivity contribution < 1.29 is 14.6 Å². The summed E-state index contributed by atoms with van der Waals surface area (Å²) in [5.74, 6) is 0.566. The number of rotatable bonds is 5. The van der Waals surface area contributed by atoms with Crippen LogP contribution in [0.4, 0.5) is 0 Å². The van der Waals surface area contributed by atoms with Gasteiger partial charge in [-0.05, 0) is 50.3 Å². The zero-order chi connectivity index (χ0) is 13.9. The van der Waals surface area contributed by atoms with E-state index in [1.807, 2.05) is 32.0 Å². The molecule has 1 amide bonds. The Morgan fingerprint density at radius 1 is 1.42 bits per heavy atom. The van der Waals surface area contributed by atoms with Crippen LogP contribution in [0.3, 0.4) is 0 Å². The molecule has 0 atom stereocenters. The molecular formula is C15H21NO3. The lowest BCUT2D eigenvalue weighted by atomic mass is 9.77. The minimum atomic E-state index is -0.401. The van der Waals surface area contributed by atoms with Crippen LogP contribution in [0.5, 0.6) is 5.75 Å². The van der Waals surface area contributed by atoms with E-state index in [4.69, 9.17) is 4.74 Å². The Bertz CT molecular complexity index is 461. The van der Waals surface area contributed by atoms with Gasteiger partial charge in [0, 0.05) is 0 Å². The van der Waals surface area contributed by atoms with Crippen molar-refractivity contribution in [3.8, 4) is 5.75 Å². The Kier molecular flexibility index (Phi) is 4.10. The number of hydrogen-bond donors (Lipinski definition) is 2. The van der Waals surface area contributed by atoms with Crippen molar-refractivity contribution in [1.82, 2.24) is 5.32 Å². The third-order valence-electron chi connectivity index (χ3n) is 3.72. The maximum atomic E-state index is 11.8. The van der Waals surface area contributed by atoms with Crippen molar-refractivity contribution in [3.63, 3.8) is 0 Å². The average Bonchev–Trinajstić information content (AvgIpc) is 2.35. The molecule has 0 saturated heterocycles. The number of nitrogens with one attached hydrogen (secondary N) is 1. The minimum absolute atomic E-state index is 0.00220. The third kappa shape index (κ3) is 3.26. The number of carbonyl (C=O) groups is 1. The molecule has 1 aliphatic rings. The van der Waals surface area contributed by atoms with Gasteiger partial charge in [-0.3, -0.25) is 4.79 Å². The maximum Gasteiger partial charge on any atom is 0.258 e. The summed E-state index contributed by atoms with van der Waals surface area (Å²) in [6, 6.07) is 5.91. The van der Waals surface area contributed by atoms with E-state index >= 15 is 0 Å². The predicted octanol–water partition coefficient (Wildman–Crippen LogP) is 1.71. The van der Waals surface area contributed by atoms with Gasteiger partial charge in [-0.2, -0.15) is 0 Å². The number of carbonyl (C=O) groups excluding carboxylic acids is 1. The van der Waals surface area contributed by atoms with Crippen molar-refractivity contribution >= 4 is 5.91 Å². The van der Waals surface area contributed by atoms with Crippen molar-refractivity contribution in [1.29, 1.82) is 0 Å². The molecule has 1 saturated carbocycles. The summed E-state index contributed by atoms with van der Waals surface area (Å²) >= 11 is 0. The van der Waals surface area contributed by atoms with Crippen LogP contribution in [0.1, 0.15) is 30.4 Å². The van der Waals surface area contributed by atoms with Crippen LogP contribution in [0.25, 0.3) is 0 Å². The second-order valence-corrected chi connectivity index (χ2v) is 5.40. The Morgan fingerprint density at radius 3 is 2.74 bits per heavy atom. The first-order valence-electron chi connectivity index (χ1n) is 6.67. The van der Waals surface area contributed by atoms with E-state index in [9.17, 15) is 9.90 Å². The fourth-order valence-corrected chi connectivity index (χ4v) is 2.26. The molecular weight excluding hydrogens is 242 g/mol. The van der Waals surface area contributed by atoms with Crippen LogP contribution in [0, 0.1) is 13.8 Å². The quantitative estimate of drug-likeness (QED) is 0.850. The summed E-state index contributed by atoms with van der Waals surface area (Å²) in [5.41, 5.74) is 1.72. The van der Waals surface area contributed by atoms with E-state index in [0.717, 1.165) is 36.1 Å². The van der Waals surface area contributed by atoms with Crippen molar-refractivity contribution in [3.05, 3.63) is 29.3 Å². The van der Waals surface area contributed by atoms with Gasteiger partial charge in [0.05, 0.1) is 12.1 Å². The number of hydrogen-bond acceptors (Lipinski definition) is 3. The Balaban J connectivity index is 1.88. The second-order valence-electron chi connectivity index (χ2n) is 5.40. The molecule has 0 unspecified atom stereocenters. The molecule has 1 aliphatic carbocycles. The summed E-state index contributed by atoms with van der Waals surface area (Å²) in [7, 11) is 0. The van der Waals surface area contributed by atoms with Crippen molar-refractivity contribution in [2.24, 2.45) is 0 Å². The highest BCUT2D eigenvalue weighted by Gasteiger charge is 2.37. The second kappa shape index (κ2) is 5.61. The highest BCUT2D eigenvalue weighted by Crippen LogP contribution is 2.31. The van der Waals surface area contributed by atoms with Gasteiger partial charge >= 0.3 is 0 Å². The summed E-state index contributed by atoms with van der Waals surface area (Å²) in [6.45, 7) is 3.93. The Hall–Kier alpha value is -1.55. The normalized spacial score (nSPS) is 16.6. The van der Waals surface area contributed by atoms with E-state index < -0.39 is 5.54 Å². The molecule has 0 aliphatic heterocycles. The summed E-state index contributed by atoms with van der Waals surface area (Å²) in [5, 5.41) is 12.2. The molecule has 104 valence electrons. The zero-order valence-corrected chi connectivity index (χ0v) is 11.5. The fraction of sp³-hybridized carbons (Fsp3) is 0.533. The van der Waals surface area contributed by atoms with E-state index in [1.54, 1.807) is 0 Å². The lowest BCUT2D eigenvalue weighted by Crippen LogP contribution is -2.57. The smallest absolute Gasteiger partial charge is 0.258 e. The lowest BCUT2D eigenvalue weighted by molar-refractivity contribution is -0.127. The standard InChI is InChI=1S/C15H21NO3/c1-11-4-5-12(2)13(8-11)19-9-14(18)16-15(10-17)6-3-7-15/h4-5,8,17H,3,6-7,9-10H2,1-2H3,(H,16,18). The van der Waals surface area contributed by atoms with E-state index in [1.165, 1.54) is 0 Å². The molecule has 1 aromatic carbocycles. The Morgan fingerprint density at radius 2 is 2.16 bits per heavy atom. The zero-order valence-electron chi connectivity index (χ0n) is 11.5. The number of benzene rings is 1. The topological polar surface area (TPSA) is 58.6 Å². The van der Waals surface area contributed by atoms with Crippen LogP contribution in [-0.2, 0) is 4.79 Å². The molecule has 0 radical (unpaired) electrons. The van der Waals surface area contributed by atoms with Crippen molar-refractivity contribution in [2.75, 3.05) is 13.2 Å². The van der Waals surface area contributed by atoms with Gasteiger partial charge in [0.25, 0.3) is 5.91 Å². The molecule has 1 aromatic rings. The summed E-state index contributed by atoms with van der Waals surface area (Å²) in [6.07, 6.45) is 2.75. The van der Waals surface area contributed by atoms with Gasteiger partial charge in [0.15, 0.2) is 6.61 Å². The van der Waals surface area contributed by atoms with Crippen LogP contribution < -0.4 is 10.1 Å². The third-order valence-corrected chi connectivity index (χ3v) is 3.72. The van der Waals surface area contributed by atoms with Crippen LogP contribution in [0.15, 0.2) is 18.2 Å². The molecule has 4 heteroatoms. The lowest BCUT2D eigenvalue weighted by Gasteiger charge is -2.40. The van der Waals surface area contributed by atoms with Gasteiger partial charge < -0.3 is 15.2 Å². The van der Waals surface area contributed by atoms with Crippen LogP contribution in [0.2, 0.25) is 0 Å². The van der Waals surface area contributed by atoms with Gasteiger partial charge in [0.2, 0.25) is 0 Å². The number of amides is 1. The first kappa shape index (κ1) is 13.9. The molecule has 4 nitrogen and oxygen atoms in total. The van der Waals surface area contributed by atoms with Gasteiger partial charge in [-0.1, -0.05) is 12.1 Å². The number of aryl methyl sites for hydroxylation is 2. The molecule has 0 spiro atoms. The predicted molar refractivity (Wildman–Crippen MR) is 73.2 cm³/mol. The summed E-state index contributed by atoms with van der Waals surface area (Å²) in [4.78, 5) is 11.8. The molecule has 19 heavy (non-hydrogen) atoms. The monoisotopic (exact) mass is 263 g/mol. The van der Waals surface area contributed by atoms with Gasteiger partial charge in [0.1, 0.15) is 5.75 Å². The molecule has 2 rings (SSSR count). The van der Waals surface area contributed by atoms with Crippen molar-refractivity contribution in [2.45, 2.75) is 38.6 Å². The highest BCUT2D eigenvalue weighted by molar-refractivity contribution is 5.78. The molecule has 0 heterocycles. The Labute approximate surface area is 113 Å². The van der Waals surface area contributed by atoms with E-state index in [0.29, 0.717) is 0 Å². The maximum absolute atomic E-state index is 11.8. The SMILES string of the molecule is Cc1ccc(C)c(OCC(=O)NC2(CO)CCC2)c1. The first-order chi connectivity index (χ1) is 9.04. The van der Waals surface area contributed by atoms with Crippen LogP contribution in [-0.4, -0.2) is 29.8 Å². The highest BCUT2D eigenvalue weighted by atomic mass is 16.5. The molecule has 1 fully saturated rings. The largest absolute Gasteiger partial charge is 0.483 e. The number of ether oxygens (including phenoxy) is 1. The minimum Gasteiger partial charge on any atom is -0.483 e. The fourth-order valence-electron chi connectivity index (χ4n) is 2.26. The van der Waals surface area contributed by atoms with Gasteiger partial charge in [-0.25, -0.2) is 0 Å². The number of aliphatic hydroxyl groups excluding tert-OH is 1.